The summed E-state index contributed by atoms with van der Waals surface area (Å²) in [4.78, 5) is 10.8. The zero-order valence-corrected chi connectivity index (χ0v) is 6.50. The first-order chi connectivity index (χ1) is 4.98. The molecule has 3 fully saturated rings. The molecular formula is C8H12O3. The second-order valence-corrected chi connectivity index (χ2v) is 4.14. The fraction of sp³-hybridized carbons (Fsp3) is 0.875. The Morgan fingerprint density at radius 3 is 2.18 bits per heavy atom. The average Bonchev–Trinajstić information content (AvgIpc) is 2.10. The molecule has 0 aromatic rings. The van der Waals surface area contributed by atoms with Crippen LogP contribution in [0.4, 0.5) is 0 Å². The van der Waals surface area contributed by atoms with Gasteiger partial charge in [-0.3, -0.25) is 4.79 Å². The van der Waals surface area contributed by atoms with Gasteiger partial charge < -0.3 is 10.2 Å². The van der Waals surface area contributed by atoms with E-state index < -0.39 is 17.0 Å². The van der Waals surface area contributed by atoms with Crippen LogP contribution < -0.4 is 0 Å². The molecule has 0 saturated heterocycles. The van der Waals surface area contributed by atoms with Crippen molar-refractivity contribution in [2.24, 2.45) is 11.3 Å². The maximum atomic E-state index is 10.8. The summed E-state index contributed by atoms with van der Waals surface area (Å²) in [7, 11) is 0. The van der Waals surface area contributed by atoms with Gasteiger partial charge in [0.1, 0.15) is 0 Å². The van der Waals surface area contributed by atoms with Gasteiger partial charge in [-0.25, -0.2) is 0 Å². The first kappa shape index (κ1) is 7.10. The Balaban J connectivity index is 2.35. The molecule has 11 heavy (non-hydrogen) atoms. The number of hydrogen-bond donors (Lipinski definition) is 2. The number of aliphatic hydroxyl groups is 1. The van der Waals surface area contributed by atoms with Crippen LogP contribution >= 0.6 is 0 Å². The van der Waals surface area contributed by atoms with Crippen molar-refractivity contribution in [3.63, 3.8) is 0 Å². The minimum atomic E-state index is -0.955. The molecule has 3 aliphatic carbocycles. The van der Waals surface area contributed by atoms with Crippen molar-refractivity contribution < 1.29 is 15.0 Å². The molecule has 0 aliphatic heterocycles. The van der Waals surface area contributed by atoms with Crippen LogP contribution in [0.5, 0.6) is 0 Å². The smallest absolute Gasteiger partial charge is 0.312 e. The van der Waals surface area contributed by atoms with Crippen molar-refractivity contribution in [3.05, 3.63) is 0 Å². The predicted molar refractivity (Wildman–Crippen MR) is 38.0 cm³/mol. The summed E-state index contributed by atoms with van der Waals surface area (Å²) in [6, 6.07) is 0. The summed E-state index contributed by atoms with van der Waals surface area (Å²) in [6.45, 7) is 1.65. The molecule has 0 amide bonds. The van der Waals surface area contributed by atoms with Gasteiger partial charge in [-0.1, -0.05) is 0 Å². The Morgan fingerprint density at radius 1 is 1.45 bits per heavy atom. The van der Waals surface area contributed by atoms with E-state index in [1.807, 2.05) is 0 Å². The SMILES string of the molecule is CC1(O)CC2CC1(C(=O)O)C2. The summed E-state index contributed by atoms with van der Waals surface area (Å²) < 4.78 is 0. The lowest BCUT2D eigenvalue weighted by molar-refractivity contribution is -0.167. The minimum absolute atomic E-state index is 0.459. The molecule has 2 N–H and O–H groups in total. The molecule has 0 heterocycles. The Hall–Kier alpha value is -0.570. The van der Waals surface area contributed by atoms with Gasteiger partial charge in [0.15, 0.2) is 0 Å². The van der Waals surface area contributed by atoms with E-state index in [0.717, 1.165) is 0 Å². The van der Waals surface area contributed by atoms with Crippen molar-refractivity contribution >= 4 is 5.97 Å². The number of carboxylic acids is 1. The molecule has 3 nitrogen and oxygen atoms in total. The standard InChI is InChI=1S/C8H12O3/c1-7(11)2-5-3-8(7,4-5)6(9)10/h5,11H,2-4H2,1H3,(H,9,10). The number of hydrogen-bond acceptors (Lipinski definition) is 2. The van der Waals surface area contributed by atoms with Crippen molar-refractivity contribution in [2.45, 2.75) is 31.8 Å². The Kier molecular flexibility index (Phi) is 1.04. The van der Waals surface area contributed by atoms with E-state index in [0.29, 0.717) is 25.2 Å². The van der Waals surface area contributed by atoms with Crippen LogP contribution in [0.25, 0.3) is 0 Å². The first-order valence-electron chi connectivity index (χ1n) is 3.94. The Labute approximate surface area is 65.0 Å². The van der Waals surface area contributed by atoms with E-state index >= 15 is 0 Å². The van der Waals surface area contributed by atoms with Crippen LogP contribution in [0.15, 0.2) is 0 Å². The summed E-state index contributed by atoms with van der Waals surface area (Å²) in [6.07, 6.45) is 2.02. The normalized spacial score (nSPS) is 53.8. The molecule has 3 rings (SSSR count). The molecule has 1 atom stereocenters. The highest BCUT2D eigenvalue weighted by Gasteiger charge is 2.68. The molecule has 1 unspecified atom stereocenters. The molecule has 62 valence electrons. The molecule has 3 saturated carbocycles. The summed E-state index contributed by atoms with van der Waals surface area (Å²) in [5, 5.41) is 18.6. The quantitative estimate of drug-likeness (QED) is 0.585. The van der Waals surface area contributed by atoms with Gasteiger partial charge >= 0.3 is 5.97 Å². The van der Waals surface area contributed by atoms with Crippen molar-refractivity contribution in [1.82, 2.24) is 0 Å². The fourth-order valence-corrected chi connectivity index (χ4v) is 2.67. The monoisotopic (exact) mass is 156 g/mol. The molecule has 0 spiro atoms. The second-order valence-electron chi connectivity index (χ2n) is 4.14. The maximum absolute atomic E-state index is 10.8. The first-order valence-corrected chi connectivity index (χ1v) is 3.94. The van der Waals surface area contributed by atoms with Crippen molar-refractivity contribution in [3.8, 4) is 0 Å². The number of carboxylic acid groups (broad SMARTS) is 1. The third-order valence-electron chi connectivity index (χ3n) is 3.40. The lowest BCUT2D eigenvalue weighted by atomic mass is 9.65. The van der Waals surface area contributed by atoms with Gasteiger partial charge in [0, 0.05) is 0 Å². The largest absolute Gasteiger partial charge is 0.481 e. The van der Waals surface area contributed by atoms with Crippen LogP contribution in [0.3, 0.4) is 0 Å². The topological polar surface area (TPSA) is 57.5 Å². The second kappa shape index (κ2) is 1.61. The number of aliphatic carboxylic acids is 1. The minimum Gasteiger partial charge on any atom is -0.481 e. The molecular weight excluding hydrogens is 144 g/mol. The lowest BCUT2D eigenvalue weighted by Crippen LogP contribution is -2.48. The summed E-state index contributed by atoms with van der Waals surface area (Å²) in [5.41, 5.74) is -1.75. The molecule has 0 aromatic carbocycles. The summed E-state index contributed by atoms with van der Waals surface area (Å²) in [5.74, 6) is -0.364. The highest BCUT2D eigenvalue weighted by atomic mass is 16.4. The van der Waals surface area contributed by atoms with Gasteiger partial charge in [-0.2, -0.15) is 0 Å². The fourth-order valence-electron chi connectivity index (χ4n) is 2.67. The highest BCUT2D eigenvalue weighted by Crippen LogP contribution is 2.64. The van der Waals surface area contributed by atoms with Gasteiger partial charge in [0.25, 0.3) is 0 Å². The van der Waals surface area contributed by atoms with Crippen LogP contribution in [0.1, 0.15) is 26.2 Å². The van der Waals surface area contributed by atoms with E-state index in [2.05, 4.69) is 0 Å². The predicted octanol–water partition coefficient (Wildman–Crippen LogP) is 0.622. The van der Waals surface area contributed by atoms with Gasteiger partial charge in [0.05, 0.1) is 11.0 Å². The third kappa shape index (κ3) is 0.601. The van der Waals surface area contributed by atoms with Crippen LogP contribution in [-0.4, -0.2) is 21.8 Å². The van der Waals surface area contributed by atoms with E-state index in [9.17, 15) is 9.90 Å². The van der Waals surface area contributed by atoms with E-state index in [1.54, 1.807) is 6.92 Å². The molecule has 3 aliphatic rings. The molecule has 0 radical (unpaired) electrons. The summed E-state index contributed by atoms with van der Waals surface area (Å²) >= 11 is 0. The van der Waals surface area contributed by atoms with E-state index in [-0.39, 0.29) is 0 Å². The number of carbonyl (C=O) groups is 1. The zero-order valence-electron chi connectivity index (χ0n) is 6.50. The molecule has 0 aromatic heterocycles. The zero-order chi connectivity index (χ0) is 8.28. The van der Waals surface area contributed by atoms with Gasteiger partial charge in [-0.15, -0.1) is 0 Å². The van der Waals surface area contributed by atoms with Crippen molar-refractivity contribution in [1.29, 1.82) is 0 Å². The van der Waals surface area contributed by atoms with Crippen LogP contribution in [0, 0.1) is 11.3 Å². The van der Waals surface area contributed by atoms with Crippen molar-refractivity contribution in [2.75, 3.05) is 0 Å². The van der Waals surface area contributed by atoms with E-state index in [4.69, 9.17) is 5.11 Å². The third-order valence-corrected chi connectivity index (χ3v) is 3.40. The van der Waals surface area contributed by atoms with Crippen LogP contribution in [-0.2, 0) is 4.79 Å². The molecule has 2 bridgehead atoms. The highest BCUT2D eigenvalue weighted by molar-refractivity contribution is 5.78. The van der Waals surface area contributed by atoms with Crippen LogP contribution in [0.2, 0.25) is 0 Å². The average molecular weight is 156 g/mol. The number of rotatable bonds is 1. The number of fused-ring (bicyclic) bond motifs is 1. The Morgan fingerprint density at radius 2 is 2.00 bits per heavy atom. The lowest BCUT2D eigenvalue weighted by Gasteiger charge is -2.39. The molecule has 3 heteroatoms. The van der Waals surface area contributed by atoms with Gasteiger partial charge in [-0.05, 0) is 32.1 Å². The maximum Gasteiger partial charge on any atom is 0.312 e. The van der Waals surface area contributed by atoms with Gasteiger partial charge in [0.2, 0.25) is 0 Å². The Bertz CT molecular complexity index is 213. The van der Waals surface area contributed by atoms with E-state index in [1.165, 1.54) is 0 Å².